The Balaban J connectivity index is 2.45. The van der Waals surface area contributed by atoms with Gasteiger partial charge in [0.05, 0.1) is 21.7 Å². The predicted octanol–water partition coefficient (Wildman–Crippen LogP) is 2.71. The third-order valence-electron chi connectivity index (χ3n) is 2.74. The fourth-order valence-electron chi connectivity index (χ4n) is 1.70. The first-order chi connectivity index (χ1) is 10.3. The van der Waals surface area contributed by atoms with Crippen LogP contribution in [0.5, 0.6) is 0 Å². The number of hydrogen-bond acceptors (Lipinski definition) is 4. The van der Waals surface area contributed by atoms with Crippen LogP contribution in [0.1, 0.15) is 15.9 Å². The van der Waals surface area contributed by atoms with Gasteiger partial charge in [0.15, 0.2) is 0 Å². The third kappa shape index (κ3) is 3.36. The summed E-state index contributed by atoms with van der Waals surface area (Å²) < 4.78 is 26.8. The van der Waals surface area contributed by atoms with Crippen molar-refractivity contribution in [2.24, 2.45) is 0 Å². The molecular weight excluding hydrogens is 328 g/mol. The minimum Gasteiger partial charge on any atom is -0.478 e. The van der Waals surface area contributed by atoms with Crippen molar-refractivity contribution in [1.29, 1.82) is 5.26 Å². The van der Waals surface area contributed by atoms with Gasteiger partial charge >= 0.3 is 5.97 Å². The first-order valence-electron chi connectivity index (χ1n) is 5.89. The molecule has 0 atom stereocenters. The molecule has 2 N–H and O–H groups in total. The highest BCUT2D eigenvalue weighted by Gasteiger charge is 2.18. The van der Waals surface area contributed by atoms with Gasteiger partial charge < -0.3 is 5.11 Å². The molecule has 0 spiro atoms. The average Bonchev–Trinajstić information content (AvgIpc) is 2.47. The number of carboxylic acids is 1. The second kappa shape index (κ2) is 6.05. The number of halogens is 1. The van der Waals surface area contributed by atoms with Gasteiger partial charge in [-0.15, -0.1) is 0 Å². The van der Waals surface area contributed by atoms with Crippen LogP contribution in [0, 0.1) is 11.3 Å². The Morgan fingerprint density at radius 3 is 2.59 bits per heavy atom. The summed E-state index contributed by atoms with van der Waals surface area (Å²) in [5.74, 6) is -1.24. The van der Waals surface area contributed by atoms with Gasteiger partial charge in [0.2, 0.25) is 0 Å². The molecule has 6 nitrogen and oxygen atoms in total. The molecular formula is C14H9ClN2O4S. The van der Waals surface area contributed by atoms with Crippen LogP contribution in [0.2, 0.25) is 5.02 Å². The number of nitrogens with zero attached hydrogens (tertiary/aromatic N) is 1. The second-order valence-electron chi connectivity index (χ2n) is 4.24. The van der Waals surface area contributed by atoms with Crippen molar-refractivity contribution in [3.63, 3.8) is 0 Å². The molecule has 2 rings (SSSR count). The number of rotatable bonds is 4. The number of nitrogens with one attached hydrogen (secondary N) is 1. The Hall–Kier alpha value is -2.56. The normalized spacial score (nSPS) is 10.7. The number of hydrogen-bond donors (Lipinski definition) is 2. The van der Waals surface area contributed by atoms with Crippen LogP contribution in [0.3, 0.4) is 0 Å². The lowest BCUT2D eigenvalue weighted by atomic mass is 10.2. The van der Waals surface area contributed by atoms with Gasteiger partial charge in [-0.1, -0.05) is 17.7 Å². The minimum atomic E-state index is -4.04. The maximum absolute atomic E-state index is 12.3. The molecule has 2 aromatic rings. The van der Waals surface area contributed by atoms with Crippen LogP contribution in [0.15, 0.2) is 47.4 Å². The Morgan fingerprint density at radius 1 is 1.23 bits per heavy atom. The maximum Gasteiger partial charge on any atom is 0.335 e. The van der Waals surface area contributed by atoms with Crippen LogP contribution >= 0.6 is 11.6 Å². The summed E-state index contributed by atoms with van der Waals surface area (Å²) in [5, 5.41) is 18.2. The Kier molecular flexibility index (Phi) is 4.35. The lowest BCUT2D eigenvalue weighted by Gasteiger charge is -2.10. The number of nitriles is 1. The summed E-state index contributed by atoms with van der Waals surface area (Å²) in [5.41, 5.74) is -0.0347. The van der Waals surface area contributed by atoms with Gasteiger partial charge in [0.1, 0.15) is 6.07 Å². The molecule has 112 valence electrons. The minimum absolute atomic E-state index is 0.0238. The fourth-order valence-corrected chi connectivity index (χ4v) is 2.99. The highest BCUT2D eigenvalue weighted by Crippen LogP contribution is 2.24. The first-order valence-corrected chi connectivity index (χ1v) is 7.75. The zero-order chi connectivity index (χ0) is 16.3. The van der Waals surface area contributed by atoms with Crippen molar-refractivity contribution in [3.8, 4) is 6.07 Å². The summed E-state index contributed by atoms with van der Waals surface area (Å²) in [7, 11) is -4.04. The van der Waals surface area contributed by atoms with Crippen LogP contribution in [-0.2, 0) is 10.0 Å². The van der Waals surface area contributed by atoms with E-state index in [0.717, 1.165) is 6.07 Å². The lowest BCUT2D eigenvalue weighted by molar-refractivity contribution is 0.0696. The summed E-state index contributed by atoms with van der Waals surface area (Å²) in [6.45, 7) is 0. The van der Waals surface area contributed by atoms with E-state index in [-0.39, 0.29) is 26.7 Å². The van der Waals surface area contributed by atoms with Gasteiger partial charge in [-0.05, 0) is 36.4 Å². The van der Waals surface area contributed by atoms with Gasteiger partial charge in [-0.25, -0.2) is 13.2 Å². The smallest absolute Gasteiger partial charge is 0.335 e. The van der Waals surface area contributed by atoms with Crippen LogP contribution < -0.4 is 4.72 Å². The molecule has 0 aliphatic rings. The number of benzene rings is 2. The molecule has 0 fully saturated rings. The highest BCUT2D eigenvalue weighted by molar-refractivity contribution is 7.92. The quantitative estimate of drug-likeness (QED) is 0.892. The third-order valence-corrected chi connectivity index (χ3v) is 4.34. The van der Waals surface area contributed by atoms with Crippen molar-refractivity contribution in [1.82, 2.24) is 0 Å². The molecule has 0 heterocycles. The zero-order valence-electron chi connectivity index (χ0n) is 10.9. The first kappa shape index (κ1) is 15.8. The van der Waals surface area contributed by atoms with Crippen molar-refractivity contribution >= 4 is 33.3 Å². The molecule has 0 amide bonds. The van der Waals surface area contributed by atoms with Crippen LogP contribution in [0.4, 0.5) is 5.69 Å². The predicted molar refractivity (Wildman–Crippen MR) is 80.4 cm³/mol. The van der Waals surface area contributed by atoms with Crippen LogP contribution in [-0.4, -0.2) is 19.5 Å². The van der Waals surface area contributed by atoms with Crippen molar-refractivity contribution in [3.05, 3.63) is 58.6 Å². The number of aromatic carboxylic acids is 1. The lowest BCUT2D eigenvalue weighted by Crippen LogP contribution is -2.14. The summed E-state index contributed by atoms with van der Waals surface area (Å²) in [4.78, 5) is 10.7. The standard InChI is InChI=1S/C14H9ClN2O4S/c15-11-5-4-10(8-16)13(7-11)17-22(20,21)12-3-1-2-9(6-12)14(18)19/h1-7,17H,(H,18,19). The molecule has 0 radical (unpaired) electrons. The van der Waals surface area contributed by atoms with E-state index in [0.29, 0.717) is 0 Å². The Bertz CT molecular complexity index is 888. The molecule has 22 heavy (non-hydrogen) atoms. The SMILES string of the molecule is N#Cc1ccc(Cl)cc1NS(=O)(=O)c1cccc(C(=O)O)c1. The molecule has 0 saturated carbocycles. The molecule has 0 aliphatic carbocycles. The van der Waals surface area contributed by atoms with Gasteiger partial charge in [0, 0.05) is 5.02 Å². The Labute approximate surface area is 131 Å². The molecule has 2 aromatic carbocycles. The largest absolute Gasteiger partial charge is 0.478 e. The van der Waals surface area contributed by atoms with Gasteiger partial charge in [-0.3, -0.25) is 4.72 Å². The average molecular weight is 337 g/mol. The molecule has 8 heteroatoms. The summed E-state index contributed by atoms with van der Waals surface area (Å²) >= 11 is 5.79. The van der Waals surface area contributed by atoms with Crippen LogP contribution in [0.25, 0.3) is 0 Å². The van der Waals surface area contributed by atoms with Crippen molar-refractivity contribution in [2.45, 2.75) is 4.90 Å². The monoisotopic (exact) mass is 336 g/mol. The van der Waals surface area contributed by atoms with E-state index in [4.69, 9.17) is 22.0 Å². The van der Waals surface area contributed by atoms with E-state index in [1.54, 1.807) is 0 Å². The fraction of sp³-hybridized carbons (Fsp3) is 0. The van der Waals surface area contributed by atoms with E-state index in [1.165, 1.54) is 36.4 Å². The molecule has 0 aromatic heterocycles. The number of anilines is 1. The molecule has 0 aliphatic heterocycles. The van der Waals surface area contributed by atoms with Crippen molar-refractivity contribution in [2.75, 3.05) is 4.72 Å². The van der Waals surface area contributed by atoms with Crippen molar-refractivity contribution < 1.29 is 18.3 Å². The van der Waals surface area contributed by atoms with Gasteiger partial charge in [-0.2, -0.15) is 5.26 Å². The van der Waals surface area contributed by atoms with E-state index >= 15 is 0 Å². The van der Waals surface area contributed by atoms with E-state index in [2.05, 4.69) is 4.72 Å². The summed E-state index contributed by atoms with van der Waals surface area (Å²) in [6.07, 6.45) is 0. The summed E-state index contributed by atoms with van der Waals surface area (Å²) in [6, 6.07) is 10.9. The second-order valence-corrected chi connectivity index (χ2v) is 6.36. The molecule has 0 bridgehead atoms. The molecule has 0 unspecified atom stereocenters. The zero-order valence-corrected chi connectivity index (χ0v) is 12.5. The number of sulfonamides is 1. The Morgan fingerprint density at radius 2 is 1.95 bits per heavy atom. The topological polar surface area (TPSA) is 107 Å². The van der Waals surface area contributed by atoms with Gasteiger partial charge in [0.25, 0.3) is 10.0 Å². The maximum atomic E-state index is 12.3. The van der Waals surface area contributed by atoms with E-state index in [9.17, 15) is 13.2 Å². The van der Waals surface area contributed by atoms with E-state index < -0.39 is 16.0 Å². The highest BCUT2D eigenvalue weighted by atomic mass is 35.5. The number of carbonyl (C=O) groups is 1. The molecule has 0 saturated heterocycles. The number of carboxylic acid groups (broad SMARTS) is 1. The van der Waals surface area contributed by atoms with E-state index in [1.807, 2.05) is 6.07 Å².